The van der Waals surface area contributed by atoms with Crippen LogP contribution in [0.5, 0.6) is 0 Å². The summed E-state index contributed by atoms with van der Waals surface area (Å²) in [6.45, 7) is 0. The number of allylic oxidation sites excluding steroid dienone is 1. The molecular formula is C17H12O. The summed E-state index contributed by atoms with van der Waals surface area (Å²) in [5.74, 6) is 5.23. The molecular weight excluding hydrogens is 220 g/mol. The maximum atomic E-state index is 11.5. The second-order valence-corrected chi connectivity index (χ2v) is 3.72. The van der Waals surface area contributed by atoms with E-state index < -0.39 is 0 Å². The van der Waals surface area contributed by atoms with Gasteiger partial charge < -0.3 is 0 Å². The van der Waals surface area contributed by atoms with Gasteiger partial charge in [-0.1, -0.05) is 60.5 Å². The van der Waals surface area contributed by atoms with Crippen LogP contribution >= 0.6 is 0 Å². The molecule has 0 atom stereocenters. The monoisotopic (exact) mass is 232 g/mol. The van der Waals surface area contributed by atoms with E-state index >= 15 is 0 Å². The van der Waals surface area contributed by atoms with Gasteiger partial charge in [0.25, 0.3) is 0 Å². The zero-order chi connectivity index (χ0) is 12.6. The van der Waals surface area contributed by atoms with Crippen LogP contribution in [0, 0.1) is 11.8 Å². The highest BCUT2D eigenvalue weighted by Gasteiger charge is 1.89. The van der Waals surface area contributed by atoms with Gasteiger partial charge in [0.15, 0.2) is 0 Å². The number of carbonyl (C=O) groups is 1. The molecule has 0 bridgehead atoms. The van der Waals surface area contributed by atoms with Crippen LogP contribution in [-0.2, 0) is 4.79 Å². The molecule has 0 radical (unpaired) electrons. The van der Waals surface area contributed by atoms with Crippen LogP contribution in [0.4, 0.5) is 0 Å². The molecule has 2 rings (SSSR count). The van der Waals surface area contributed by atoms with Crippen LogP contribution in [0.15, 0.2) is 66.7 Å². The minimum atomic E-state index is -0.192. The van der Waals surface area contributed by atoms with E-state index in [1.54, 1.807) is 6.08 Å². The molecule has 1 heteroatoms. The zero-order valence-corrected chi connectivity index (χ0v) is 9.84. The summed E-state index contributed by atoms with van der Waals surface area (Å²) in [4.78, 5) is 11.5. The second kappa shape index (κ2) is 6.22. The van der Waals surface area contributed by atoms with Crippen molar-refractivity contribution in [2.75, 3.05) is 0 Å². The molecule has 0 saturated heterocycles. The molecule has 2 aromatic rings. The number of carbonyl (C=O) groups excluding carboxylic acids is 1. The Morgan fingerprint density at radius 2 is 1.50 bits per heavy atom. The smallest absolute Gasteiger partial charge is 0.229 e. The fourth-order valence-electron chi connectivity index (χ4n) is 1.43. The van der Waals surface area contributed by atoms with Crippen molar-refractivity contribution in [1.82, 2.24) is 0 Å². The van der Waals surface area contributed by atoms with Crippen molar-refractivity contribution in [3.8, 4) is 11.8 Å². The highest BCUT2D eigenvalue weighted by atomic mass is 16.1. The van der Waals surface area contributed by atoms with Crippen LogP contribution in [0.25, 0.3) is 6.08 Å². The summed E-state index contributed by atoms with van der Waals surface area (Å²) in [6.07, 6.45) is 3.26. The van der Waals surface area contributed by atoms with Crippen molar-refractivity contribution in [2.45, 2.75) is 0 Å². The maximum absolute atomic E-state index is 11.5. The van der Waals surface area contributed by atoms with E-state index in [2.05, 4.69) is 11.8 Å². The highest BCUT2D eigenvalue weighted by Crippen LogP contribution is 2.00. The van der Waals surface area contributed by atoms with E-state index in [1.165, 1.54) is 6.08 Å². The first-order chi connectivity index (χ1) is 8.84. The van der Waals surface area contributed by atoms with Gasteiger partial charge in [0.2, 0.25) is 5.78 Å². The summed E-state index contributed by atoms with van der Waals surface area (Å²) in [5, 5.41) is 0. The average Bonchev–Trinajstić information content (AvgIpc) is 2.45. The highest BCUT2D eigenvalue weighted by molar-refractivity contribution is 6.06. The second-order valence-electron chi connectivity index (χ2n) is 3.72. The predicted octanol–water partition coefficient (Wildman–Crippen LogP) is 3.32. The number of hydrogen-bond donors (Lipinski definition) is 0. The molecule has 18 heavy (non-hydrogen) atoms. The van der Waals surface area contributed by atoms with Gasteiger partial charge in [0.1, 0.15) is 0 Å². The van der Waals surface area contributed by atoms with Crippen molar-refractivity contribution in [1.29, 1.82) is 0 Å². The Bertz CT molecular complexity index is 598. The van der Waals surface area contributed by atoms with E-state index in [0.29, 0.717) is 0 Å². The van der Waals surface area contributed by atoms with Crippen molar-refractivity contribution in [3.63, 3.8) is 0 Å². The lowest BCUT2D eigenvalue weighted by Crippen LogP contribution is -1.86. The van der Waals surface area contributed by atoms with E-state index in [4.69, 9.17) is 0 Å². The Balaban J connectivity index is 2.02. The molecule has 0 amide bonds. The molecule has 1 nitrogen and oxygen atoms in total. The van der Waals surface area contributed by atoms with Gasteiger partial charge >= 0.3 is 0 Å². The minimum absolute atomic E-state index is 0.192. The fraction of sp³-hybridized carbons (Fsp3) is 0. The van der Waals surface area contributed by atoms with Gasteiger partial charge in [-0.25, -0.2) is 0 Å². The van der Waals surface area contributed by atoms with Crippen molar-refractivity contribution in [2.24, 2.45) is 0 Å². The van der Waals surface area contributed by atoms with Crippen molar-refractivity contribution >= 4 is 11.9 Å². The van der Waals surface area contributed by atoms with Crippen LogP contribution < -0.4 is 0 Å². The Morgan fingerprint density at radius 1 is 0.889 bits per heavy atom. The molecule has 0 fully saturated rings. The van der Waals surface area contributed by atoms with Crippen molar-refractivity contribution in [3.05, 3.63) is 77.9 Å². The van der Waals surface area contributed by atoms with E-state index in [1.807, 2.05) is 60.7 Å². The quantitative estimate of drug-likeness (QED) is 0.573. The largest absolute Gasteiger partial charge is 0.280 e. The Hall–Kier alpha value is -2.59. The molecule has 0 aliphatic heterocycles. The van der Waals surface area contributed by atoms with Crippen molar-refractivity contribution < 1.29 is 4.79 Å². The number of rotatable bonds is 2. The lowest BCUT2D eigenvalue weighted by atomic mass is 10.2. The standard InChI is InChI=1S/C17H12O/c18-17(13-11-15-7-3-1-4-8-15)14-12-16-9-5-2-6-10-16/h1-11,13H/b13-11-. The molecule has 0 aliphatic carbocycles. The summed E-state index contributed by atoms with van der Waals surface area (Å²) in [7, 11) is 0. The number of benzene rings is 2. The first-order valence-corrected chi connectivity index (χ1v) is 5.69. The van der Waals surface area contributed by atoms with Crippen LogP contribution in [-0.4, -0.2) is 5.78 Å². The molecule has 0 unspecified atom stereocenters. The van der Waals surface area contributed by atoms with Gasteiger partial charge in [-0.15, -0.1) is 0 Å². The van der Waals surface area contributed by atoms with Crippen LogP contribution in [0.1, 0.15) is 11.1 Å². The van der Waals surface area contributed by atoms with Gasteiger partial charge in [-0.3, -0.25) is 4.79 Å². The Labute approximate surface area is 107 Å². The minimum Gasteiger partial charge on any atom is -0.280 e. The molecule has 0 N–H and O–H groups in total. The molecule has 0 heterocycles. The molecule has 0 aliphatic rings. The first-order valence-electron chi connectivity index (χ1n) is 5.69. The number of ketones is 1. The van der Waals surface area contributed by atoms with Gasteiger partial charge in [-0.05, 0) is 29.7 Å². The third-order valence-electron chi connectivity index (χ3n) is 2.33. The average molecular weight is 232 g/mol. The van der Waals surface area contributed by atoms with Gasteiger partial charge in [0, 0.05) is 5.56 Å². The van der Waals surface area contributed by atoms with Gasteiger partial charge in [0.05, 0.1) is 0 Å². The summed E-state index contributed by atoms with van der Waals surface area (Å²) in [5.41, 5.74) is 1.84. The van der Waals surface area contributed by atoms with Crippen LogP contribution in [0.2, 0.25) is 0 Å². The molecule has 86 valence electrons. The Morgan fingerprint density at radius 3 is 2.17 bits per heavy atom. The van der Waals surface area contributed by atoms with E-state index in [9.17, 15) is 4.79 Å². The van der Waals surface area contributed by atoms with Gasteiger partial charge in [-0.2, -0.15) is 0 Å². The lowest BCUT2D eigenvalue weighted by Gasteiger charge is -1.89. The SMILES string of the molecule is O=C(C#Cc1ccccc1)/C=C\c1ccccc1. The van der Waals surface area contributed by atoms with E-state index in [0.717, 1.165) is 11.1 Å². The predicted molar refractivity (Wildman–Crippen MR) is 73.8 cm³/mol. The zero-order valence-electron chi connectivity index (χ0n) is 9.84. The first kappa shape index (κ1) is 11.9. The summed E-state index contributed by atoms with van der Waals surface area (Å²) >= 11 is 0. The third-order valence-corrected chi connectivity index (χ3v) is 2.33. The topological polar surface area (TPSA) is 17.1 Å². The molecule has 0 saturated carbocycles. The molecule has 0 aromatic heterocycles. The normalized spacial score (nSPS) is 9.78. The lowest BCUT2D eigenvalue weighted by molar-refractivity contribution is -0.109. The third kappa shape index (κ3) is 3.77. The summed E-state index contributed by atoms with van der Waals surface area (Å²) in [6, 6.07) is 19.1. The molecule has 2 aromatic carbocycles. The molecule has 0 spiro atoms. The van der Waals surface area contributed by atoms with Crippen LogP contribution in [0.3, 0.4) is 0 Å². The van der Waals surface area contributed by atoms with E-state index in [-0.39, 0.29) is 5.78 Å². The Kier molecular flexibility index (Phi) is 4.11. The fourth-order valence-corrected chi connectivity index (χ4v) is 1.43. The number of hydrogen-bond acceptors (Lipinski definition) is 1. The maximum Gasteiger partial charge on any atom is 0.229 e. The summed E-state index contributed by atoms with van der Waals surface area (Å²) < 4.78 is 0.